The van der Waals surface area contributed by atoms with E-state index in [0.717, 1.165) is 42.2 Å². The van der Waals surface area contributed by atoms with Gasteiger partial charge in [0.15, 0.2) is 0 Å². The van der Waals surface area contributed by atoms with Crippen molar-refractivity contribution in [3.05, 3.63) is 63.7 Å². The number of nitrogens with two attached hydrogens (primary N) is 1. The third-order valence-corrected chi connectivity index (χ3v) is 5.25. The molecule has 0 saturated heterocycles. The molecule has 26 heavy (non-hydrogen) atoms. The van der Waals surface area contributed by atoms with E-state index in [9.17, 15) is 4.79 Å². The summed E-state index contributed by atoms with van der Waals surface area (Å²) in [6, 6.07) is 11.8. The molecule has 5 heteroatoms. The molecule has 1 aliphatic carbocycles. The second-order valence-electron chi connectivity index (χ2n) is 6.89. The van der Waals surface area contributed by atoms with E-state index in [0.29, 0.717) is 0 Å². The monoisotopic (exact) mass is 373 g/mol. The van der Waals surface area contributed by atoms with Gasteiger partial charge in [0.25, 0.3) is 0 Å². The van der Waals surface area contributed by atoms with Crippen LogP contribution in [0.3, 0.4) is 0 Å². The molecule has 0 spiro atoms. The SMILES string of the molecule is C[C@H](N)c1ccc(Cl)cc1.O=C(O)C[C@@H]1CCc2ccc3c(c21)CCO3. The Labute approximate surface area is 158 Å². The first-order chi connectivity index (χ1) is 12.5. The van der Waals surface area contributed by atoms with E-state index in [-0.39, 0.29) is 18.4 Å². The van der Waals surface area contributed by atoms with E-state index in [4.69, 9.17) is 27.2 Å². The van der Waals surface area contributed by atoms with Crippen LogP contribution in [0, 0.1) is 0 Å². The van der Waals surface area contributed by atoms with Crippen LogP contribution < -0.4 is 10.5 Å². The molecule has 0 amide bonds. The molecule has 3 N–H and O–H groups in total. The van der Waals surface area contributed by atoms with Crippen molar-refractivity contribution < 1.29 is 14.6 Å². The number of hydrogen-bond acceptors (Lipinski definition) is 3. The minimum absolute atomic E-state index is 0.0947. The molecule has 4 nitrogen and oxygen atoms in total. The molecule has 0 bridgehead atoms. The van der Waals surface area contributed by atoms with Gasteiger partial charge >= 0.3 is 5.97 Å². The van der Waals surface area contributed by atoms with E-state index < -0.39 is 5.97 Å². The second kappa shape index (κ2) is 8.11. The highest BCUT2D eigenvalue weighted by molar-refractivity contribution is 6.30. The number of carboxylic acids is 1. The number of hydrogen-bond donors (Lipinski definition) is 2. The average molecular weight is 374 g/mol. The summed E-state index contributed by atoms with van der Waals surface area (Å²) in [6.07, 6.45) is 3.18. The number of ether oxygens (including phenoxy) is 1. The lowest BCUT2D eigenvalue weighted by molar-refractivity contribution is -0.137. The summed E-state index contributed by atoms with van der Waals surface area (Å²) < 4.78 is 5.53. The van der Waals surface area contributed by atoms with Crippen molar-refractivity contribution in [2.45, 2.75) is 44.6 Å². The van der Waals surface area contributed by atoms with E-state index in [2.05, 4.69) is 6.07 Å². The van der Waals surface area contributed by atoms with Gasteiger partial charge in [0.1, 0.15) is 5.75 Å². The molecule has 2 aromatic rings. The number of rotatable bonds is 3. The fourth-order valence-electron chi connectivity index (χ4n) is 3.73. The molecule has 4 rings (SSSR count). The van der Waals surface area contributed by atoms with Crippen molar-refractivity contribution in [1.82, 2.24) is 0 Å². The van der Waals surface area contributed by atoms with Crippen molar-refractivity contribution in [3.63, 3.8) is 0 Å². The predicted octanol–water partition coefficient (Wildman–Crippen LogP) is 4.49. The van der Waals surface area contributed by atoms with Crippen LogP contribution in [0.15, 0.2) is 36.4 Å². The molecule has 0 unspecified atom stereocenters. The summed E-state index contributed by atoms with van der Waals surface area (Å²) in [5.41, 5.74) is 10.6. The van der Waals surface area contributed by atoms with E-state index in [1.165, 1.54) is 16.7 Å². The Hall–Kier alpha value is -2.04. The number of aliphatic carboxylic acids is 1. The van der Waals surface area contributed by atoms with Crippen molar-refractivity contribution in [3.8, 4) is 5.75 Å². The Morgan fingerprint density at radius 1 is 1.27 bits per heavy atom. The summed E-state index contributed by atoms with van der Waals surface area (Å²) in [5, 5.41) is 9.67. The van der Waals surface area contributed by atoms with Crippen LogP contribution in [-0.4, -0.2) is 17.7 Å². The van der Waals surface area contributed by atoms with Crippen LogP contribution >= 0.6 is 11.6 Å². The number of aryl methyl sites for hydroxylation is 1. The lowest BCUT2D eigenvalue weighted by atomic mass is 9.92. The fraction of sp³-hybridized carbons (Fsp3) is 0.381. The summed E-state index contributed by atoms with van der Waals surface area (Å²) in [6.45, 7) is 2.69. The van der Waals surface area contributed by atoms with Gasteiger partial charge in [-0.3, -0.25) is 4.79 Å². The van der Waals surface area contributed by atoms with Crippen molar-refractivity contribution in [2.75, 3.05) is 6.61 Å². The van der Waals surface area contributed by atoms with E-state index >= 15 is 0 Å². The molecule has 0 radical (unpaired) electrons. The van der Waals surface area contributed by atoms with Gasteiger partial charge in [-0.2, -0.15) is 0 Å². The second-order valence-corrected chi connectivity index (χ2v) is 7.32. The van der Waals surface area contributed by atoms with E-state index in [1.54, 1.807) is 0 Å². The summed E-state index contributed by atoms with van der Waals surface area (Å²) in [4.78, 5) is 10.8. The molecule has 1 aliphatic heterocycles. The van der Waals surface area contributed by atoms with Crippen molar-refractivity contribution >= 4 is 17.6 Å². The van der Waals surface area contributed by atoms with Gasteiger partial charge < -0.3 is 15.6 Å². The number of carboxylic acid groups (broad SMARTS) is 1. The van der Waals surface area contributed by atoms with Crippen molar-refractivity contribution in [1.29, 1.82) is 0 Å². The maximum Gasteiger partial charge on any atom is 0.303 e. The topological polar surface area (TPSA) is 72.6 Å². The lowest BCUT2D eigenvalue weighted by Gasteiger charge is -2.12. The summed E-state index contributed by atoms with van der Waals surface area (Å²) >= 11 is 5.68. The Kier molecular flexibility index (Phi) is 5.84. The Morgan fingerprint density at radius 3 is 2.65 bits per heavy atom. The maximum absolute atomic E-state index is 10.8. The molecule has 2 atom stereocenters. The highest BCUT2D eigenvalue weighted by Gasteiger charge is 2.30. The largest absolute Gasteiger partial charge is 0.493 e. The van der Waals surface area contributed by atoms with Crippen LogP contribution in [0.2, 0.25) is 5.02 Å². The first kappa shape index (κ1) is 18.7. The number of benzene rings is 2. The Balaban J connectivity index is 0.000000170. The Morgan fingerprint density at radius 2 is 2.00 bits per heavy atom. The quantitative estimate of drug-likeness (QED) is 0.831. The minimum Gasteiger partial charge on any atom is -0.493 e. The van der Waals surface area contributed by atoms with Gasteiger partial charge in [0.05, 0.1) is 13.0 Å². The van der Waals surface area contributed by atoms with Gasteiger partial charge in [-0.05, 0) is 60.6 Å². The van der Waals surface area contributed by atoms with Gasteiger partial charge in [-0.25, -0.2) is 0 Å². The number of carbonyl (C=O) groups is 1. The minimum atomic E-state index is -0.700. The molecule has 0 aromatic heterocycles. The molecular formula is C21H24ClNO3. The van der Waals surface area contributed by atoms with Crippen LogP contribution in [0.5, 0.6) is 5.75 Å². The van der Waals surface area contributed by atoms with Gasteiger partial charge in [-0.1, -0.05) is 29.8 Å². The van der Waals surface area contributed by atoms with Gasteiger partial charge in [0, 0.05) is 23.0 Å². The first-order valence-corrected chi connectivity index (χ1v) is 9.33. The smallest absolute Gasteiger partial charge is 0.303 e. The van der Waals surface area contributed by atoms with Gasteiger partial charge in [-0.15, -0.1) is 0 Å². The molecule has 138 valence electrons. The Bertz CT molecular complexity index is 787. The zero-order valence-electron chi connectivity index (χ0n) is 14.9. The van der Waals surface area contributed by atoms with Gasteiger partial charge in [0.2, 0.25) is 0 Å². The number of halogens is 1. The van der Waals surface area contributed by atoms with Crippen LogP contribution in [0.1, 0.15) is 54.0 Å². The third kappa shape index (κ3) is 4.19. The number of fused-ring (bicyclic) bond motifs is 3. The summed E-state index contributed by atoms with van der Waals surface area (Å²) in [5.74, 6) is 0.467. The normalized spacial score (nSPS) is 18.2. The van der Waals surface area contributed by atoms with Crippen LogP contribution in [0.4, 0.5) is 0 Å². The fourth-order valence-corrected chi connectivity index (χ4v) is 3.86. The van der Waals surface area contributed by atoms with Crippen LogP contribution in [-0.2, 0) is 17.6 Å². The first-order valence-electron chi connectivity index (χ1n) is 8.96. The predicted molar refractivity (Wildman–Crippen MR) is 103 cm³/mol. The highest BCUT2D eigenvalue weighted by Crippen LogP contribution is 2.43. The third-order valence-electron chi connectivity index (χ3n) is 5.00. The zero-order chi connectivity index (χ0) is 18.7. The highest BCUT2D eigenvalue weighted by atomic mass is 35.5. The average Bonchev–Trinajstić information content (AvgIpc) is 3.21. The molecule has 1 heterocycles. The standard InChI is InChI=1S/C13H14O3.C8H10ClN/c14-12(15)7-9-2-1-8-3-4-11-10(13(8)9)5-6-16-11;1-6(10)7-2-4-8(9)5-3-7/h3-4,9H,1-2,5-7H2,(H,14,15);2-6H,10H2,1H3/t9-;6-/m00/s1. The van der Waals surface area contributed by atoms with Crippen molar-refractivity contribution in [2.24, 2.45) is 5.73 Å². The summed E-state index contributed by atoms with van der Waals surface area (Å²) in [7, 11) is 0. The van der Waals surface area contributed by atoms with Crippen LogP contribution in [0.25, 0.3) is 0 Å². The molecule has 2 aliphatic rings. The molecule has 0 saturated carbocycles. The maximum atomic E-state index is 10.8. The lowest BCUT2D eigenvalue weighted by Crippen LogP contribution is -2.05. The zero-order valence-corrected chi connectivity index (χ0v) is 15.6. The molecular weight excluding hydrogens is 350 g/mol. The molecule has 0 fully saturated rings. The molecule has 2 aromatic carbocycles. The van der Waals surface area contributed by atoms with E-state index in [1.807, 2.05) is 37.3 Å².